The average Bonchev–Trinajstić information content (AvgIpc) is 2.51. The van der Waals surface area contributed by atoms with Crippen molar-refractivity contribution >= 4 is 9.87 Å². The average molecular weight is 422 g/mol. The van der Waals surface area contributed by atoms with Gasteiger partial charge >= 0.3 is 118 Å². The number of carboxylic acid groups (broad SMARTS) is 1. The Kier molecular flexibility index (Phi) is 5.96. The van der Waals surface area contributed by atoms with Crippen LogP contribution in [0.25, 0.3) is 0 Å². The van der Waals surface area contributed by atoms with E-state index in [1.165, 1.54) is 19.4 Å². The van der Waals surface area contributed by atoms with Gasteiger partial charge in [-0.1, -0.05) is 0 Å². The summed E-state index contributed by atoms with van der Waals surface area (Å²) >= 11 is 1.20. The van der Waals surface area contributed by atoms with Crippen molar-refractivity contribution in [1.82, 2.24) is 0 Å². The summed E-state index contributed by atoms with van der Waals surface area (Å²) in [6, 6.07) is 0. The van der Waals surface area contributed by atoms with Crippen LogP contribution in [0.15, 0.2) is 24.0 Å². The standard InChI is InChI=1S/C13H18O4.W/c1-9(17-2)7-10-5-3-4-6-11(8-10)12(14)13(15)16;/h7,11-12,14H,1,3-6H2,2H3,(H,15,16);. The first kappa shape index (κ1) is 15.3. The number of hydrogen-bond donors (Lipinski definition) is 2. The fourth-order valence-electron chi connectivity index (χ4n) is 2.04. The summed E-state index contributed by atoms with van der Waals surface area (Å²) in [5, 5.41) is 18.7. The summed E-state index contributed by atoms with van der Waals surface area (Å²) < 4.78 is 6.05. The molecule has 0 aromatic rings. The molecule has 0 spiro atoms. The van der Waals surface area contributed by atoms with E-state index in [2.05, 4.69) is 6.58 Å². The topological polar surface area (TPSA) is 66.8 Å². The fraction of sp³-hybridized carbons (Fsp3) is 0.538. The van der Waals surface area contributed by atoms with Crippen molar-refractivity contribution in [2.45, 2.75) is 31.8 Å². The summed E-state index contributed by atoms with van der Waals surface area (Å²) in [7, 11) is 1.56. The number of allylic oxidation sites excluding steroid dienone is 2. The second-order valence-electron chi connectivity index (χ2n) is 4.34. The van der Waals surface area contributed by atoms with Crippen molar-refractivity contribution in [1.29, 1.82) is 0 Å². The minimum absolute atomic E-state index is 0.282. The Hall–Kier alpha value is -0.732. The first-order valence-electron chi connectivity index (χ1n) is 5.86. The normalized spacial score (nSPS) is 24.4. The Morgan fingerprint density at radius 3 is 2.83 bits per heavy atom. The van der Waals surface area contributed by atoms with E-state index in [0.717, 1.165) is 35.2 Å². The third kappa shape index (κ3) is 3.89. The molecular formula is C13H18O4W. The van der Waals surface area contributed by atoms with Gasteiger partial charge in [0.25, 0.3) is 0 Å². The summed E-state index contributed by atoms with van der Waals surface area (Å²) in [4.78, 5) is 10.9. The number of aliphatic hydroxyl groups excluding tert-OH is 1. The molecule has 2 N–H and O–H groups in total. The molecule has 0 bridgehead atoms. The predicted molar refractivity (Wildman–Crippen MR) is 64.8 cm³/mol. The van der Waals surface area contributed by atoms with Gasteiger partial charge in [-0.15, -0.1) is 0 Å². The summed E-state index contributed by atoms with van der Waals surface area (Å²) in [6.07, 6.45) is 4.10. The van der Waals surface area contributed by atoms with Gasteiger partial charge in [0.15, 0.2) is 0 Å². The van der Waals surface area contributed by atoms with Crippen LogP contribution in [-0.2, 0) is 28.9 Å². The van der Waals surface area contributed by atoms with E-state index < -0.39 is 12.1 Å². The summed E-state index contributed by atoms with van der Waals surface area (Å²) in [5.41, 5.74) is 1.07. The van der Waals surface area contributed by atoms with Crippen LogP contribution in [0.1, 0.15) is 25.7 Å². The molecule has 1 aliphatic carbocycles. The molecular weight excluding hydrogens is 404 g/mol. The van der Waals surface area contributed by atoms with Crippen LogP contribution in [0.4, 0.5) is 0 Å². The van der Waals surface area contributed by atoms with Gasteiger partial charge in [0.2, 0.25) is 0 Å². The molecule has 0 amide bonds. The maximum atomic E-state index is 10.9. The molecule has 4 nitrogen and oxygen atoms in total. The fourth-order valence-corrected chi connectivity index (χ4v) is 3.51. The van der Waals surface area contributed by atoms with Crippen molar-refractivity contribution < 1.29 is 39.1 Å². The molecule has 1 aliphatic rings. The minimum atomic E-state index is -1.31. The third-order valence-corrected chi connectivity index (χ3v) is 5.13. The zero-order valence-electron chi connectivity index (χ0n) is 10.4. The molecule has 18 heavy (non-hydrogen) atoms. The molecule has 0 radical (unpaired) electrons. The van der Waals surface area contributed by atoms with E-state index in [4.69, 9.17) is 9.84 Å². The van der Waals surface area contributed by atoms with Crippen molar-refractivity contribution in [3.63, 3.8) is 0 Å². The van der Waals surface area contributed by atoms with Crippen LogP contribution < -0.4 is 0 Å². The molecule has 100 valence electrons. The van der Waals surface area contributed by atoms with Crippen molar-refractivity contribution in [2.75, 3.05) is 7.11 Å². The Labute approximate surface area is 118 Å². The molecule has 5 heteroatoms. The second-order valence-corrected chi connectivity index (χ2v) is 5.92. The zero-order chi connectivity index (χ0) is 13.7. The van der Waals surface area contributed by atoms with Crippen molar-refractivity contribution in [3.05, 3.63) is 24.0 Å². The van der Waals surface area contributed by atoms with Crippen molar-refractivity contribution in [2.24, 2.45) is 5.92 Å². The van der Waals surface area contributed by atoms with Gasteiger partial charge < -0.3 is 0 Å². The zero-order valence-corrected chi connectivity index (χ0v) is 13.3. The number of hydrogen-bond acceptors (Lipinski definition) is 3. The van der Waals surface area contributed by atoms with Gasteiger partial charge in [0.05, 0.1) is 0 Å². The second kappa shape index (κ2) is 7.00. The van der Waals surface area contributed by atoms with E-state index in [-0.39, 0.29) is 5.92 Å². The Morgan fingerprint density at radius 1 is 1.61 bits per heavy atom. The molecule has 1 fully saturated rings. The Balaban J connectivity index is 2.95. The molecule has 1 saturated carbocycles. The van der Waals surface area contributed by atoms with Gasteiger partial charge in [-0.2, -0.15) is 0 Å². The number of carbonyl (C=O) groups is 1. The molecule has 2 unspecified atom stereocenters. The Bertz CT molecular complexity index is 386. The molecule has 0 aromatic heterocycles. The maximum absolute atomic E-state index is 10.9. The number of aliphatic hydroxyl groups is 1. The van der Waals surface area contributed by atoms with E-state index in [1.807, 2.05) is 6.08 Å². The molecule has 1 rings (SSSR count). The van der Waals surface area contributed by atoms with Gasteiger partial charge in [-0.3, -0.25) is 0 Å². The van der Waals surface area contributed by atoms with E-state index in [9.17, 15) is 9.90 Å². The van der Waals surface area contributed by atoms with Crippen LogP contribution in [0.2, 0.25) is 0 Å². The predicted octanol–water partition coefficient (Wildman–Crippen LogP) is 1.43. The van der Waals surface area contributed by atoms with Gasteiger partial charge in [-0.05, 0) is 0 Å². The van der Waals surface area contributed by atoms with E-state index in [0.29, 0.717) is 5.76 Å². The first-order chi connectivity index (χ1) is 8.47. The monoisotopic (exact) mass is 422 g/mol. The SMILES string of the molecule is C=C(C=C1CCCCC(C(O)C(=O)O)[C]1=[W])OC. The van der Waals surface area contributed by atoms with E-state index in [1.54, 1.807) is 7.11 Å². The number of carboxylic acids is 1. The van der Waals surface area contributed by atoms with Gasteiger partial charge in [-0.25, -0.2) is 0 Å². The third-order valence-electron chi connectivity index (χ3n) is 3.10. The van der Waals surface area contributed by atoms with Crippen LogP contribution in [0.5, 0.6) is 0 Å². The number of methoxy groups -OCH3 is 1. The first-order valence-corrected chi connectivity index (χ1v) is 7.32. The molecule has 0 saturated heterocycles. The Morgan fingerprint density at radius 2 is 2.28 bits per heavy atom. The molecule has 2 atom stereocenters. The van der Waals surface area contributed by atoms with Gasteiger partial charge in [0, 0.05) is 0 Å². The van der Waals surface area contributed by atoms with Gasteiger partial charge in [0.1, 0.15) is 0 Å². The summed E-state index contributed by atoms with van der Waals surface area (Å²) in [5.74, 6) is -0.865. The van der Waals surface area contributed by atoms with Crippen LogP contribution in [0, 0.1) is 5.92 Å². The van der Waals surface area contributed by atoms with Crippen LogP contribution in [-0.4, -0.2) is 33.3 Å². The van der Waals surface area contributed by atoms with Crippen LogP contribution in [0.3, 0.4) is 0 Å². The molecule has 0 aliphatic heterocycles. The van der Waals surface area contributed by atoms with Crippen LogP contribution >= 0.6 is 0 Å². The van der Waals surface area contributed by atoms with E-state index >= 15 is 0 Å². The molecule has 0 aromatic carbocycles. The number of ether oxygens (including phenoxy) is 1. The number of aliphatic carboxylic acids is 1. The quantitative estimate of drug-likeness (QED) is 0.532. The summed E-state index contributed by atoms with van der Waals surface area (Å²) in [6.45, 7) is 3.76. The number of rotatable bonds is 4. The molecule has 0 heterocycles. The van der Waals surface area contributed by atoms with Crippen molar-refractivity contribution in [3.8, 4) is 0 Å².